The van der Waals surface area contributed by atoms with E-state index in [1.165, 1.54) is 6.92 Å². The summed E-state index contributed by atoms with van der Waals surface area (Å²) in [4.78, 5) is 23.1. The topological polar surface area (TPSA) is 94.0 Å². The molecule has 2 aromatic rings. The zero-order valence-electron chi connectivity index (χ0n) is 13.2. The number of amides is 3. The minimum atomic E-state index is -0.397. The number of nitriles is 1. The fourth-order valence-corrected chi connectivity index (χ4v) is 2.19. The van der Waals surface area contributed by atoms with Crippen LogP contribution in [0.2, 0.25) is 0 Å². The van der Waals surface area contributed by atoms with Crippen molar-refractivity contribution >= 4 is 23.3 Å². The van der Waals surface area contributed by atoms with Crippen LogP contribution in [-0.4, -0.2) is 11.9 Å². The Labute approximate surface area is 140 Å². The molecule has 0 aliphatic rings. The molecule has 0 aliphatic heterocycles. The molecule has 0 aromatic heterocycles. The Morgan fingerprint density at radius 3 is 2.12 bits per heavy atom. The molecule has 2 rings (SSSR count). The van der Waals surface area contributed by atoms with Gasteiger partial charge >= 0.3 is 6.03 Å². The number of carbonyl (C=O) groups is 2. The molecule has 0 saturated heterocycles. The first kappa shape index (κ1) is 17.0. The highest BCUT2D eigenvalue weighted by Crippen LogP contribution is 2.17. The maximum absolute atomic E-state index is 12.1. The zero-order chi connectivity index (χ0) is 17.4. The average Bonchev–Trinajstić information content (AvgIpc) is 2.56. The molecule has 24 heavy (non-hydrogen) atoms. The van der Waals surface area contributed by atoms with Crippen LogP contribution < -0.4 is 16.0 Å². The van der Waals surface area contributed by atoms with Crippen molar-refractivity contribution in [2.24, 2.45) is 0 Å². The van der Waals surface area contributed by atoms with Gasteiger partial charge in [0, 0.05) is 18.3 Å². The van der Waals surface area contributed by atoms with Crippen molar-refractivity contribution in [2.75, 3.05) is 10.6 Å². The second-order valence-corrected chi connectivity index (χ2v) is 5.18. The maximum Gasteiger partial charge on any atom is 0.319 e. The lowest BCUT2D eigenvalue weighted by atomic mass is 10.0. The molecular formula is C18H18N4O2. The average molecular weight is 322 g/mol. The number of urea groups is 1. The van der Waals surface area contributed by atoms with Crippen LogP contribution in [0.3, 0.4) is 0 Å². The fourth-order valence-electron chi connectivity index (χ4n) is 2.19. The van der Waals surface area contributed by atoms with E-state index in [0.717, 1.165) is 5.56 Å². The van der Waals surface area contributed by atoms with E-state index < -0.39 is 6.03 Å². The van der Waals surface area contributed by atoms with Gasteiger partial charge in [-0.3, -0.25) is 4.79 Å². The lowest BCUT2D eigenvalue weighted by Crippen LogP contribution is -2.32. The monoisotopic (exact) mass is 322 g/mol. The molecule has 0 bridgehead atoms. The first-order chi connectivity index (χ1) is 11.6. The SMILES string of the molecule is CC(=O)Nc1ccc(NC(=O)NC(CC#N)c2ccccc2)cc1. The number of nitrogens with zero attached hydrogens (tertiary/aromatic N) is 1. The predicted molar refractivity (Wildman–Crippen MR) is 92.3 cm³/mol. The third kappa shape index (κ3) is 5.14. The van der Waals surface area contributed by atoms with Crippen molar-refractivity contribution < 1.29 is 9.59 Å². The van der Waals surface area contributed by atoms with Crippen molar-refractivity contribution in [1.29, 1.82) is 5.26 Å². The lowest BCUT2D eigenvalue weighted by Gasteiger charge is -2.17. The second-order valence-electron chi connectivity index (χ2n) is 5.18. The van der Waals surface area contributed by atoms with Crippen LogP contribution in [0.15, 0.2) is 54.6 Å². The van der Waals surface area contributed by atoms with E-state index in [4.69, 9.17) is 5.26 Å². The predicted octanol–water partition coefficient (Wildman–Crippen LogP) is 3.42. The highest BCUT2D eigenvalue weighted by Gasteiger charge is 2.14. The van der Waals surface area contributed by atoms with Crippen molar-refractivity contribution in [3.8, 4) is 6.07 Å². The quantitative estimate of drug-likeness (QED) is 0.787. The summed E-state index contributed by atoms with van der Waals surface area (Å²) in [5, 5.41) is 17.1. The van der Waals surface area contributed by atoms with Gasteiger partial charge in [0.25, 0.3) is 0 Å². The number of benzene rings is 2. The van der Waals surface area contributed by atoms with E-state index in [2.05, 4.69) is 22.0 Å². The van der Waals surface area contributed by atoms with Crippen LogP contribution in [0, 0.1) is 11.3 Å². The van der Waals surface area contributed by atoms with E-state index in [9.17, 15) is 9.59 Å². The third-order valence-electron chi connectivity index (χ3n) is 3.27. The minimum absolute atomic E-state index is 0.157. The molecule has 0 fully saturated rings. The summed E-state index contributed by atoms with van der Waals surface area (Å²) in [6.45, 7) is 1.43. The van der Waals surface area contributed by atoms with Gasteiger partial charge in [0.05, 0.1) is 18.5 Å². The van der Waals surface area contributed by atoms with Gasteiger partial charge in [-0.15, -0.1) is 0 Å². The van der Waals surface area contributed by atoms with Gasteiger partial charge in [0.15, 0.2) is 0 Å². The molecule has 6 nitrogen and oxygen atoms in total. The lowest BCUT2D eigenvalue weighted by molar-refractivity contribution is -0.114. The largest absolute Gasteiger partial charge is 0.330 e. The van der Waals surface area contributed by atoms with E-state index in [1.54, 1.807) is 24.3 Å². The number of rotatable bonds is 5. The summed E-state index contributed by atoms with van der Waals surface area (Å²) in [6, 6.07) is 17.4. The third-order valence-corrected chi connectivity index (χ3v) is 3.27. The van der Waals surface area contributed by atoms with E-state index in [1.807, 2.05) is 30.3 Å². The molecule has 2 aromatic carbocycles. The van der Waals surface area contributed by atoms with Gasteiger partial charge in [0.2, 0.25) is 5.91 Å². The molecule has 3 amide bonds. The van der Waals surface area contributed by atoms with Gasteiger partial charge in [-0.1, -0.05) is 30.3 Å². The van der Waals surface area contributed by atoms with Crippen LogP contribution in [-0.2, 0) is 4.79 Å². The summed E-state index contributed by atoms with van der Waals surface area (Å²) < 4.78 is 0. The van der Waals surface area contributed by atoms with Crippen LogP contribution in [0.25, 0.3) is 0 Å². The van der Waals surface area contributed by atoms with E-state index >= 15 is 0 Å². The van der Waals surface area contributed by atoms with Crippen molar-refractivity contribution in [3.63, 3.8) is 0 Å². The summed E-state index contributed by atoms with van der Waals surface area (Å²) in [5.41, 5.74) is 2.11. The van der Waals surface area contributed by atoms with Gasteiger partial charge in [-0.25, -0.2) is 4.79 Å². The van der Waals surface area contributed by atoms with Crippen molar-refractivity contribution in [1.82, 2.24) is 5.32 Å². The van der Waals surface area contributed by atoms with Gasteiger partial charge < -0.3 is 16.0 Å². The Morgan fingerprint density at radius 1 is 1.00 bits per heavy atom. The maximum atomic E-state index is 12.1. The van der Waals surface area contributed by atoms with E-state index in [0.29, 0.717) is 11.4 Å². The normalized spacial score (nSPS) is 11.0. The second kappa shape index (κ2) is 8.34. The Kier molecular flexibility index (Phi) is 5.92. The Morgan fingerprint density at radius 2 is 1.58 bits per heavy atom. The summed E-state index contributed by atoms with van der Waals surface area (Å²) >= 11 is 0. The molecule has 0 heterocycles. The molecule has 3 N–H and O–H groups in total. The highest BCUT2D eigenvalue weighted by molar-refractivity contribution is 5.91. The Balaban J connectivity index is 1.98. The van der Waals surface area contributed by atoms with E-state index in [-0.39, 0.29) is 18.4 Å². The summed E-state index contributed by atoms with van der Waals surface area (Å²) in [7, 11) is 0. The molecule has 0 aliphatic carbocycles. The number of nitrogens with one attached hydrogen (secondary N) is 3. The van der Waals surface area contributed by atoms with Gasteiger partial charge in [0.1, 0.15) is 0 Å². The number of carbonyl (C=O) groups excluding carboxylic acids is 2. The minimum Gasteiger partial charge on any atom is -0.330 e. The van der Waals surface area contributed by atoms with Crippen molar-refractivity contribution in [3.05, 3.63) is 60.2 Å². The smallest absolute Gasteiger partial charge is 0.319 e. The van der Waals surface area contributed by atoms with Gasteiger partial charge in [-0.05, 0) is 29.8 Å². The molecular weight excluding hydrogens is 304 g/mol. The fraction of sp³-hybridized carbons (Fsp3) is 0.167. The van der Waals surface area contributed by atoms with Crippen molar-refractivity contribution in [2.45, 2.75) is 19.4 Å². The first-order valence-electron chi connectivity index (χ1n) is 7.45. The molecule has 0 saturated carbocycles. The summed E-state index contributed by atoms with van der Waals surface area (Å²) in [6.07, 6.45) is 0.179. The summed E-state index contributed by atoms with van der Waals surface area (Å²) in [5.74, 6) is -0.157. The van der Waals surface area contributed by atoms with Crippen LogP contribution >= 0.6 is 0 Å². The number of hydrogen-bond donors (Lipinski definition) is 3. The molecule has 122 valence electrons. The highest BCUT2D eigenvalue weighted by atomic mass is 16.2. The molecule has 6 heteroatoms. The molecule has 1 unspecified atom stereocenters. The van der Waals surface area contributed by atoms with Crippen LogP contribution in [0.1, 0.15) is 24.9 Å². The van der Waals surface area contributed by atoms with Crippen LogP contribution in [0.4, 0.5) is 16.2 Å². The number of hydrogen-bond acceptors (Lipinski definition) is 3. The van der Waals surface area contributed by atoms with Gasteiger partial charge in [-0.2, -0.15) is 5.26 Å². The van der Waals surface area contributed by atoms with Crippen LogP contribution in [0.5, 0.6) is 0 Å². The standard InChI is InChI=1S/C18H18N4O2/c1-13(23)20-15-7-9-16(10-8-15)21-18(24)22-17(11-12-19)14-5-3-2-4-6-14/h2-10,17H,11H2,1H3,(H,20,23)(H2,21,22,24). The Bertz CT molecular complexity index is 736. The molecule has 1 atom stereocenters. The molecule has 0 spiro atoms. The first-order valence-corrected chi connectivity index (χ1v) is 7.45. The zero-order valence-corrected chi connectivity index (χ0v) is 13.2. The number of anilines is 2. The Hall–Kier alpha value is -3.33. The molecule has 0 radical (unpaired) electrons.